The third-order valence-corrected chi connectivity index (χ3v) is 4.63. The Labute approximate surface area is 127 Å². The van der Waals surface area contributed by atoms with Gasteiger partial charge in [0.1, 0.15) is 6.54 Å². The second-order valence-corrected chi connectivity index (χ2v) is 6.45. The number of thiophene rings is 1. The van der Waals surface area contributed by atoms with Crippen molar-refractivity contribution in [3.63, 3.8) is 0 Å². The molecule has 0 saturated carbocycles. The molecular weight excluding hydrogens is 322 g/mol. The van der Waals surface area contributed by atoms with Gasteiger partial charge in [-0.15, -0.1) is 11.3 Å². The fourth-order valence-corrected chi connectivity index (χ4v) is 3.15. The zero-order chi connectivity index (χ0) is 14.7. The monoisotopic (exact) mass is 331 g/mol. The second kappa shape index (κ2) is 6.34. The van der Waals surface area contributed by atoms with Gasteiger partial charge in [-0.1, -0.05) is 22.9 Å². The lowest BCUT2D eigenvalue weighted by Gasteiger charge is -2.05. The SMILES string of the molecule is Cc1csc(=O)n1CC(=O)OCC(=O)c1ccc(Cl)s1. The molecule has 0 fully saturated rings. The smallest absolute Gasteiger partial charge is 0.326 e. The first-order valence-corrected chi connectivity index (χ1v) is 7.64. The molecule has 0 amide bonds. The van der Waals surface area contributed by atoms with E-state index in [2.05, 4.69) is 0 Å². The van der Waals surface area contributed by atoms with Crippen LogP contribution in [-0.2, 0) is 16.1 Å². The number of halogens is 1. The molecule has 0 spiro atoms. The standard InChI is InChI=1S/C12H10ClNO4S2/c1-7-6-19-12(17)14(7)4-11(16)18-5-8(15)9-2-3-10(13)20-9/h2-3,6H,4-5H2,1H3. The largest absolute Gasteiger partial charge is 0.456 e. The maximum atomic E-state index is 11.7. The van der Waals surface area contributed by atoms with Crippen molar-refractivity contribution < 1.29 is 14.3 Å². The van der Waals surface area contributed by atoms with Crippen molar-refractivity contribution >= 4 is 46.0 Å². The number of thiazole rings is 1. The Morgan fingerprint density at radius 2 is 2.15 bits per heavy atom. The first kappa shape index (κ1) is 15.0. The first-order valence-electron chi connectivity index (χ1n) is 5.56. The van der Waals surface area contributed by atoms with Crippen LogP contribution in [0.1, 0.15) is 15.4 Å². The number of hydrogen-bond donors (Lipinski definition) is 0. The summed E-state index contributed by atoms with van der Waals surface area (Å²) in [6.45, 7) is 1.18. The average Bonchev–Trinajstić information content (AvgIpc) is 2.97. The maximum absolute atomic E-state index is 11.7. The van der Waals surface area contributed by atoms with E-state index in [0.29, 0.717) is 14.9 Å². The van der Waals surface area contributed by atoms with Gasteiger partial charge < -0.3 is 4.74 Å². The number of hydrogen-bond acceptors (Lipinski definition) is 6. The molecule has 0 aliphatic carbocycles. The van der Waals surface area contributed by atoms with Crippen LogP contribution in [-0.4, -0.2) is 22.9 Å². The molecule has 0 aliphatic heterocycles. The van der Waals surface area contributed by atoms with Crippen molar-refractivity contribution in [2.75, 3.05) is 6.61 Å². The fraction of sp³-hybridized carbons (Fsp3) is 0.250. The number of esters is 1. The summed E-state index contributed by atoms with van der Waals surface area (Å²) in [6, 6.07) is 3.19. The van der Waals surface area contributed by atoms with Crippen LogP contribution >= 0.6 is 34.3 Å². The molecule has 2 aromatic rings. The summed E-state index contributed by atoms with van der Waals surface area (Å²) in [5, 5.41) is 1.66. The van der Waals surface area contributed by atoms with Gasteiger partial charge in [-0.05, 0) is 19.1 Å². The summed E-state index contributed by atoms with van der Waals surface area (Å²) in [6.07, 6.45) is 0. The topological polar surface area (TPSA) is 65.4 Å². The van der Waals surface area contributed by atoms with Crippen molar-refractivity contribution in [2.45, 2.75) is 13.5 Å². The van der Waals surface area contributed by atoms with Crippen LogP contribution in [0.3, 0.4) is 0 Å². The van der Waals surface area contributed by atoms with Gasteiger partial charge in [0, 0.05) is 11.1 Å². The van der Waals surface area contributed by atoms with Gasteiger partial charge >= 0.3 is 10.8 Å². The van der Waals surface area contributed by atoms with Crippen molar-refractivity contribution in [3.8, 4) is 0 Å². The molecule has 0 unspecified atom stereocenters. The number of nitrogens with zero attached hydrogens (tertiary/aromatic N) is 1. The Bertz CT molecular complexity index is 700. The molecule has 106 valence electrons. The molecule has 8 heteroatoms. The molecule has 0 aliphatic rings. The van der Waals surface area contributed by atoms with Crippen molar-refractivity contribution in [3.05, 3.63) is 42.1 Å². The van der Waals surface area contributed by atoms with Crippen LogP contribution in [0.4, 0.5) is 0 Å². The van der Waals surface area contributed by atoms with Crippen LogP contribution in [0, 0.1) is 6.92 Å². The number of carbonyl (C=O) groups excluding carboxylic acids is 2. The number of aryl methyl sites for hydroxylation is 1. The number of ketones is 1. The van der Waals surface area contributed by atoms with Gasteiger partial charge in [0.15, 0.2) is 6.61 Å². The highest BCUT2D eigenvalue weighted by molar-refractivity contribution is 7.18. The van der Waals surface area contributed by atoms with E-state index < -0.39 is 5.97 Å². The maximum Gasteiger partial charge on any atom is 0.326 e. The Morgan fingerprint density at radius 3 is 2.70 bits per heavy atom. The number of rotatable bonds is 5. The van der Waals surface area contributed by atoms with E-state index in [-0.39, 0.29) is 23.8 Å². The van der Waals surface area contributed by atoms with Crippen LogP contribution in [0.2, 0.25) is 4.34 Å². The lowest BCUT2D eigenvalue weighted by molar-refractivity contribution is -0.143. The van der Waals surface area contributed by atoms with Crippen LogP contribution in [0.25, 0.3) is 0 Å². The highest BCUT2D eigenvalue weighted by atomic mass is 35.5. The Kier molecular flexibility index (Phi) is 4.74. The van der Waals surface area contributed by atoms with E-state index in [1.807, 2.05) is 0 Å². The van der Waals surface area contributed by atoms with Gasteiger partial charge in [0.05, 0.1) is 9.21 Å². The highest BCUT2D eigenvalue weighted by Crippen LogP contribution is 2.21. The Hall–Kier alpha value is -1.44. The van der Waals surface area contributed by atoms with Crippen LogP contribution < -0.4 is 4.87 Å². The van der Waals surface area contributed by atoms with E-state index in [1.165, 1.54) is 4.57 Å². The number of carbonyl (C=O) groups is 2. The molecule has 2 aromatic heterocycles. The number of aromatic nitrogens is 1. The van der Waals surface area contributed by atoms with Crippen LogP contribution in [0.5, 0.6) is 0 Å². The summed E-state index contributed by atoms with van der Waals surface area (Å²) in [4.78, 5) is 35.0. The van der Waals surface area contributed by atoms with E-state index in [4.69, 9.17) is 16.3 Å². The Morgan fingerprint density at radius 1 is 1.40 bits per heavy atom. The minimum atomic E-state index is -0.621. The molecule has 0 N–H and O–H groups in total. The van der Waals surface area contributed by atoms with Crippen molar-refractivity contribution in [1.29, 1.82) is 0 Å². The fourth-order valence-electron chi connectivity index (χ4n) is 1.45. The molecule has 0 bridgehead atoms. The van der Waals surface area contributed by atoms with Gasteiger partial charge in [-0.25, -0.2) is 0 Å². The summed E-state index contributed by atoms with van der Waals surface area (Å²) >= 11 is 7.86. The molecular formula is C12H10ClNO4S2. The van der Waals surface area contributed by atoms with E-state index in [0.717, 1.165) is 22.7 Å². The third kappa shape index (κ3) is 3.56. The summed E-state index contributed by atoms with van der Waals surface area (Å²) in [5.74, 6) is -0.936. The minimum absolute atomic E-state index is 0.188. The number of Topliss-reactive ketones (excluding diaryl/α,β-unsaturated/α-hetero) is 1. The van der Waals surface area contributed by atoms with Crippen LogP contribution in [0.15, 0.2) is 22.3 Å². The lowest BCUT2D eigenvalue weighted by atomic mass is 10.3. The predicted molar refractivity (Wildman–Crippen MR) is 77.9 cm³/mol. The molecule has 5 nitrogen and oxygen atoms in total. The van der Waals surface area contributed by atoms with Crippen molar-refractivity contribution in [2.24, 2.45) is 0 Å². The van der Waals surface area contributed by atoms with E-state index in [9.17, 15) is 14.4 Å². The molecule has 0 atom stereocenters. The zero-order valence-electron chi connectivity index (χ0n) is 10.4. The molecule has 2 heterocycles. The normalized spacial score (nSPS) is 10.5. The lowest BCUT2D eigenvalue weighted by Crippen LogP contribution is -2.23. The molecule has 0 radical (unpaired) electrons. The molecule has 0 saturated heterocycles. The molecule has 2 rings (SSSR count). The van der Waals surface area contributed by atoms with Gasteiger partial charge in [-0.2, -0.15) is 0 Å². The first-order chi connectivity index (χ1) is 9.47. The second-order valence-electron chi connectivity index (χ2n) is 3.92. The summed E-state index contributed by atoms with van der Waals surface area (Å²) in [5.41, 5.74) is 0.688. The van der Waals surface area contributed by atoms with E-state index in [1.54, 1.807) is 24.4 Å². The van der Waals surface area contributed by atoms with Gasteiger partial charge in [0.2, 0.25) is 5.78 Å². The Balaban J connectivity index is 1.90. The highest BCUT2D eigenvalue weighted by Gasteiger charge is 2.14. The third-order valence-electron chi connectivity index (χ3n) is 2.48. The van der Waals surface area contributed by atoms with E-state index >= 15 is 0 Å². The summed E-state index contributed by atoms with van der Waals surface area (Å²) in [7, 11) is 0. The average molecular weight is 332 g/mol. The molecule has 20 heavy (non-hydrogen) atoms. The van der Waals surface area contributed by atoms with Crippen molar-refractivity contribution in [1.82, 2.24) is 4.57 Å². The summed E-state index contributed by atoms with van der Waals surface area (Å²) < 4.78 is 6.68. The number of ether oxygens (including phenoxy) is 1. The minimum Gasteiger partial charge on any atom is -0.456 e. The van der Waals surface area contributed by atoms with Gasteiger partial charge in [0.25, 0.3) is 0 Å². The quantitative estimate of drug-likeness (QED) is 0.623. The van der Waals surface area contributed by atoms with Gasteiger partial charge in [-0.3, -0.25) is 19.0 Å². The predicted octanol–water partition coefficient (Wildman–Crippen LogP) is 2.36. The molecule has 0 aromatic carbocycles. The zero-order valence-corrected chi connectivity index (χ0v) is 12.8.